The highest BCUT2D eigenvalue weighted by molar-refractivity contribution is 5.85. The first-order valence-electron chi connectivity index (χ1n) is 3.99. The van der Waals surface area contributed by atoms with Crippen molar-refractivity contribution in [1.29, 1.82) is 0 Å². The summed E-state index contributed by atoms with van der Waals surface area (Å²) < 4.78 is 10.5. The zero-order chi connectivity index (χ0) is 8.32. The van der Waals surface area contributed by atoms with Crippen LogP contribution in [0.1, 0.15) is 13.8 Å². The second-order valence-corrected chi connectivity index (χ2v) is 3.65. The Balaban J connectivity index is 0.00000121. The van der Waals surface area contributed by atoms with E-state index in [0.29, 0.717) is 6.61 Å². The molecule has 0 unspecified atom stereocenters. The molecule has 0 aromatic heterocycles. The summed E-state index contributed by atoms with van der Waals surface area (Å²) in [5.41, 5.74) is 0.129. The Labute approximate surface area is 80.2 Å². The lowest BCUT2D eigenvalue weighted by molar-refractivity contribution is -0.0544. The molecule has 1 heterocycles. The molecule has 1 aliphatic rings. The Morgan fingerprint density at radius 1 is 1.58 bits per heavy atom. The molecule has 1 atom stereocenters. The van der Waals surface area contributed by atoms with Crippen molar-refractivity contribution in [2.24, 2.45) is 0 Å². The number of hydrogen-bond donors (Lipinski definition) is 1. The third kappa shape index (κ3) is 3.72. The van der Waals surface area contributed by atoms with E-state index in [4.69, 9.17) is 9.47 Å². The van der Waals surface area contributed by atoms with Crippen LogP contribution in [0.25, 0.3) is 0 Å². The predicted molar refractivity (Wildman–Crippen MR) is 50.9 cm³/mol. The smallest absolute Gasteiger partial charge is 0.0933 e. The van der Waals surface area contributed by atoms with Crippen molar-refractivity contribution in [3.8, 4) is 0 Å². The van der Waals surface area contributed by atoms with Gasteiger partial charge in [-0.1, -0.05) is 0 Å². The van der Waals surface area contributed by atoms with Gasteiger partial charge in [0.2, 0.25) is 0 Å². The summed E-state index contributed by atoms with van der Waals surface area (Å²) in [6, 6.07) is 0. The molecule has 0 aliphatic carbocycles. The molecule has 0 aromatic carbocycles. The van der Waals surface area contributed by atoms with E-state index in [1.165, 1.54) is 0 Å². The van der Waals surface area contributed by atoms with Crippen LogP contribution in [0, 0.1) is 0 Å². The zero-order valence-corrected chi connectivity index (χ0v) is 8.74. The lowest BCUT2D eigenvalue weighted by Crippen LogP contribution is -2.54. The molecule has 1 fully saturated rings. The number of hydrogen-bond acceptors (Lipinski definition) is 3. The van der Waals surface area contributed by atoms with Gasteiger partial charge in [-0.15, -0.1) is 12.4 Å². The van der Waals surface area contributed by atoms with Gasteiger partial charge in [0.15, 0.2) is 0 Å². The maximum atomic E-state index is 5.55. The number of morpholine rings is 1. The molecular weight excluding hydrogens is 178 g/mol. The molecule has 0 radical (unpaired) electrons. The van der Waals surface area contributed by atoms with Crippen LogP contribution >= 0.6 is 12.4 Å². The molecule has 0 saturated carbocycles. The Morgan fingerprint density at radius 3 is 2.67 bits per heavy atom. The fourth-order valence-electron chi connectivity index (χ4n) is 1.12. The molecule has 1 saturated heterocycles. The van der Waals surface area contributed by atoms with Crippen molar-refractivity contribution in [3.05, 3.63) is 0 Å². The Morgan fingerprint density at radius 2 is 2.25 bits per heavy atom. The van der Waals surface area contributed by atoms with Crippen molar-refractivity contribution in [2.45, 2.75) is 25.5 Å². The van der Waals surface area contributed by atoms with E-state index in [0.717, 1.165) is 13.2 Å². The SMILES string of the molecule is COC[C@@H]1CNC(C)(C)CO1.Cl. The Bertz CT molecular complexity index is 120. The highest BCUT2D eigenvalue weighted by Gasteiger charge is 2.26. The van der Waals surface area contributed by atoms with Gasteiger partial charge in [0.05, 0.1) is 19.3 Å². The van der Waals surface area contributed by atoms with Crippen molar-refractivity contribution < 1.29 is 9.47 Å². The van der Waals surface area contributed by atoms with E-state index in [-0.39, 0.29) is 24.0 Å². The first-order valence-corrected chi connectivity index (χ1v) is 3.99. The van der Waals surface area contributed by atoms with Crippen LogP contribution in [0.5, 0.6) is 0 Å². The minimum Gasteiger partial charge on any atom is -0.382 e. The summed E-state index contributed by atoms with van der Waals surface area (Å²) in [6.07, 6.45) is 0.230. The highest BCUT2D eigenvalue weighted by atomic mass is 35.5. The number of methoxy groups -OCH3 is 1. The average molecular weight is 196 g/mol. The largest absolute Gasteiger partial charge is 0.382 e. The third-order valence-electron chi connectivity index (χ3n) is 1.84. The van der Waals surface area contributed by atoms with Crippen LogP contribution in [0.3, 0.4) is 0 Å². The molecular formula is C8H18ClNO2. The molecule has 4 heteroatoms. The first-order chi connectivity index (χ1) is 5.14. The van der Waals surface area contributed by atoms with Crippen LogP contribution in [0.2, 0.25) is 0 Å². The molecule has 74 valence electrons. The van der Waals surface area contributed by atoms with Gasteiger partial charge >= 0.3 is 0 Å². The van der Waals surface area contributed by atoms with Crippen LogP contribution in [0.4, 0.5) is 0 Å². The quantitative estimate of drug-likeness (QED) is 0.708. The standard InChI is InChI=1S/C8H17NO2.ClH/c1-8(2)6-11-7(4-9-8)5-10-3;/h7,9H,4-6H2,1-3H3;1H/t7-;/m0./s1. The number of nitrogens with one attached hydrogen (secondary N) is 1. The lowest BCUT2D eigenvalue weighted by atomic mass is 10.1. The molecule has 0 aromatic rings. The van der Waals surface area contributed by atoms with Crippen molar-refractivity contribution in [2.75, 3.05) is 26.9 Å². The van der Waals surface area contributed by atoms with Gasteiger partial charge in [-0.05, 0) is 13.8 Å². The van der Waals surface area contributed by atoms with E-state index in [9.17, 15) is 0 Å². The van der Waals surface area contributed by atoms with Crippen molar-refractivity contribution >= 4 is 12.4 Å². The fourth-order valence-corrected chi connectivity index (χ4v) is 1.12. The molecule has 1 aliphatic heterocycles. The number of halogens is 1. The molecule has 3 nitrogen and oxygen atoms in total. The Hall–Kier alpha value is 0.170. The van der Waals surface area contributed by atoms with Crippen LogP contribution in [0.15, 0.2) is 0 Å². The summed E-state index contributed by atoms with van der Waals surface area (Å²) in [5, 5.41) is 3.39. The molecule has 1 rings (SSSR count). The van der Waals surface area contributed by atoms with Gasteiger partial charge in [0.25, 0.3) is 0 Å². The summed E-state index contributed by atoms with van der Waals surface area (Å²) in [4.78, 5) is 0. The van der Waals surface area contributed by atoms with E-state index in [2.05, 4.69) is 19.2 Å². The minimum atomic E-state index is 0. The first kappa shape index (κ1) is 12.2. The summed E-state index contributed by atoms with van der Waals surface area (Å²) in [7, 11) is 1.70. The van der Waals surface area contributed by atoms with Crippen LogP contribution in [-0.4, -0.2) is 38.5 Å². The van der Waals surface area contributed by atoms with Gasteiger partial charge in [0.1, 0.15) is 0 Å². The van der Waals surface area contributed by atoms with Crippen molar-refractivity contribution in [1.82, 2.24) is 5.32 Å². The maximum Gasteiger partial charge on any atom is 0.0933 e. The molecule has 0 bridgehead atoms. The van der Waals surface area contributed by atoms with Gasteiger partial charge in [-0.2, -0.15) is 0 Å². The lowest BCUT2D eigenvalue weighted by Gasteiger charge is -2.35. The van der Waals surface area contributed by atoms with Gasteiger partial charge < -0.3 is 14.8 Å². The average Bonchev–Trinajstić information content (AvgIpc) is 1.94. The third-order valence-corrected chi connectivity index (χ3v) is 1.84. The second-order valence-electron chi connectivity index (χ2n) is 3.65. The van der Waals surface area contributed by atoms with Gasteiger partial charge in [-0.25, -0.2) is 0 Å². The summed E-state index contributed by atoms with van der Waals surface area (Å²) in [5.74, 6) is 0. The molecule has 0 amide bonds. The molecule has 1 N–H and O–H groups in total. The van der Waals surface area contributed by atoms with E-state index >= 15 is 0 Å². The highest BCUT2D eigenvalue weighted by Crippen LogP contribution is 2.10. The maximum absolute atomic E-state index is 5.55. The zero-order valence-electron chi connectivity index (χ0n) is 7.92. The number of rotatable bonds is 2. The minimum absolute atomic E-state index is 0. The molecule has 12 heavy (non-hydrogen) atoms. The topological polar surface area (TPSA) is 30.5 Å². The van der Waals surface area contributed by atoms with Crippen molar-refractivity contribution in [3.63, 3.8) is 0 Å². The van der Waals surface area contributed by atoms with Gasteiger partial charge in [-0.3, -0.25) is 0 Å². The number of ether oxygens (including phenoxy) is 2. The van der Waals surface area contributed by atoms with E-state index in [1.807, 2.05) is 0 Å². The van der Waals surface area contributed by atoms with Crippen LogP contribution in [-0.2, 0) is 9.47 Å². The van der Waals surface area contributed by atoms with Crippen LogP contribution < -0.4 is 5.32 Å². The molecule has 0 spiro atoms. The normalized spacial score (nSPS) is 27.8. The summed E-state index contributed by atoms with van der Waals surface area (Å²) >= 11 is 0. The monoisotopic (exact) mass is 195 g/mol. The predicted octanol–water partition coefficient (Wildman–Crippen LogP) is 0.822. The second kappa shape index (κ2) is 5.02. The fraction of sp³-hybridized carbons (Fsp3) is 1.00. The van der Waals surface area contributed by atoms with Gasteiger partial charge in [0, 0.05) is 19.2 Å². The van der Waals surface area contributed by atoms with E-state index in [1.54, 1.807) is 7.11 Å². The van der Waals surface area contributed by atoms with E-state index < -0.39 is 0 Å². The Kier molecular flexibility index (Phi) is 5.09. The summed E-state index contributed by atoms with van der Waals surface area (Å²) in [6.45, 7) is 6.61.